The normalized spacial score (nSPS) is 14.2. The van der Waals surface area contributed by atoms with Gasteiger partial charge in [-0.05, 0) is 94.6 Å². The van der Waals surface area contributed by atoms with Crippen molar-refractivity contribution in [2.75, 3.05) is 4.90 Å². The molecule has 0 atom stereocenters. The van der Waals surface area contributed by atoms with E-state index in [0.717, 1.165) is 28.1 Å². The Labute approximate surface area is 300 Å². The first-order chi connectivity index (χ1) is 25.2. The van der Waals surface area contributed by atoms with Crippen molar-refractivity contribution in [2.45, 2.75) is 0 Å². The number of aromatic nitrogens is 1. The first kappa shape index (κ1) is 29.5. The van der Waals surface area contributed by atoms with E-state index in [2.05, 4.69) is 198 Å². The van der Waals surface area contributed by atoms with Crippen molar-refractivity contribution < 1.29 is 0 Å². The van der Waals surface area contributed by atoms with Crippen molar-refractivity contribution >= 4 is 70.3 Å². The summed E-state index contributed by atoms with van der Waals surface area (Å²) >= 11 is 1.86. The van der Waals surface area contributed by atoms with E-state index in [-0.39, 0.29) is 0 Å². The third-order valence-corrected chi connectivity index (χ3v) is 11.2. The van der Waals surface area contributed by atoms with Gasteiger partial charge in [-0.15, -0.1) is 11.3 Å². The summed E-state index contributed by atoms with van der Waals surface area (Å²) in [7, 11) is 0. The second-order valence-electron chi connectivity index (χ2n) is 13.1. The Morgan fingerprint density at radius 2 is 1.18 bits per heavy atom. The van der Waals surface area contributed by atoms with E-state index in [1.165, 1.54) is 64.4 Å². The second-order valence-corrected chi connectivity index (χ2v) is 14.2. The average Bonchev–Trinajstić information content (AvgIpc) is 3.73. The number of fused-ring (bicyclic) bond motifs is 7. The maximum atomic E-state index is 4.51. The van der Waals surface area contributed by atoms with Gasteiger partial charge in [0.1, 0.15) is 0 Å². The van der Waals surface area contributed by atoms with Gasteiger partial charge in [0, 0.05) is 48.4 Å². The largest absolute Gasteiger partial charge is 0.317 e. The first-order valence-corrected chi connectivity index (χ1v) is 18.1. The Hall–Kier alpha value is -6.42. The highest BCUT2D eigenvalue weighted by Gasteiger charge is 2.19. The smallest absolute Gasteiger partial charge is 0.0555 e. The van der Waals surface area contributed by atoms with Crippen LogP contribution in [-0.4, -0.2) is 4.57 Å². The Morgan fingerprint density at radius 1 is 0.471 bits per heavy atom. The highest BCUT2D eigenvalue weighted by atomic mass is 32.1. The highest BCUT2D eigenvalue weighted by Crippen LogP contribution is 2.43. The van der Waals surface area contributed by atoms with E-state index in [1.807, 2.05) is 11.3 Å². The summed E-state index contributed by atoms with van der Waals surface area (Å²) in [5, 5.41) is 5.11. The molecule has 9 aromatic rings. The molecule has 7 aromatic carbocycles. The summed E-state index contributed by atoms with van der Waals surface area (Å²) in [6, 6.07) is 57.3. The zero-order valence-electron chi connectivity index (χ0n) is 27.8. The minimum absolute atomic E-state index is 0.981. The maximum Gasteiger partial charge on any atom is 0.0555 e. The van der Waals surface area contributed by atoms with Crippen LogP contribution < -0.4 is 4.90 Å². The van der Waals surface area contributed by atoms with E-state index < -0.39 is 0 Å². The molecule has 51 heavy (non-hydrogen) atoms. The molecule has 3 heterocycles. The molecule has 2 nitrogen and oxygen atoms in total. The number of allylic oxidation sites excluding steroid dienone is 4. The highest BCUT2D eigenvalue weighted by molar-refractivity contribution is 7.25. The molecule has 1 aliphatic rings. The summed E-state index contributed by atoms with van der Waals surface area (Å²) in [6.07, 6.45) is 8.40. The SMILES string of the molecule is C=C1/C=C\C=C/N(c2cccc(-c3ccccc3)c2)c2ccc(-c3ccc4c(c3)c3ccccc3n4-c3cccc4sc5ccccc5c34)cc21. The van der Waals surface area contributed by atoms with Gasteiger partial charge in [0.05, 0.1) is 22.4 Å². The third-order valence-electron chi connectivity index (χ3n) is 10.1. The maximum absolute atomic E-state index is 4.51. The van der Waals surface area contributed by atoms with E-state index in [0.29, 0.717) is 0 Å². The lowest BCUT2D eigenvalue weighted by atomic mass is 9.95. The molecule has 0 bridgehead atoms. The predicted octanol–water partition coefficient (Wildman–Crippen LogP) is 13.7. The van der Waals surface area contributed by atoms with Crippen molar-refractivity contribution in [3.05, 3.63) is 194 Å². The van der Waals surface area contributed by atoms with Gasteiger partial charge in [0.2, 0.25) is 0 Å². The minimum atomic E-state index is 0.981. The van der Waals surface area contributed by atoms with Gasteiger partial charge in [-0.1, -0.05) is 116 Å². The number of anilines is 2. The predicted molar refractivity (Wildman–Crippen MR) is 220 cm³/mol. The number of para-hydroxylation sites is 1. The van der Waals surface area contributed by atoms with Crippen LogP contribution >= 0.6 is 11.3 Å². The quantitative estimate of drug-likeness (QED) is 0.181. The first-order valence-electron chi connectivity index (χ1n) is 17.3. The molecule has 0 unspecified atom stereocenters. The van der Waals surface area contributed by atoms with E-state index in [9.17, 15) is 0 Å². The Bertz CT molecular complexity index is 2880. The van der Waals surface area contributed by atoms with E-state index >= 15 is 0 Å². The van der Waals surface area contributed by atoms with Gasteiger partial charge >= 0.3 is 0 Å². The monoisotopic (exact) mass is 668 g/mol. The lowest BCUT2D eigenvalue weighted by Crippen LogP contribution is -2.11. The summed E-state index contributed by atoms with van der Waals surface area (Å²) in [5.41, 5.74) is 12.7. The lowest BCUT2D eigenvalue weighted by Gasteiger charge is -2.26. The number of nitrogens with zero attached hydrogens (tertiary/aromatic N) is 2. The van der Waals surface area contributed by atoms with Crippen molar-refractivity contribution in [1.29, 1.82) is 0 Å². The van der Waals surface area contributed by atoms with Crippen LogP contribution in [0.3, 0.4) is 0 Å². The van der Waals surface area contributed by atoms with Crippen molar-refractivity contribution in [1.82, 2.24) is 4.57 Å². The van der Waals surface area contributed by atoms with Gasteiger partial charge in [0.25, 0.3) is 0 Å². The molecule has 0 aliphatic carbocycles. The zero-order chi connectivity index (χ0) is 33.9. The molecule has 0 spiro atoms. The summed E-state index contributed by atoms with van der Waals surface area (Å²) in [5.74, 6) is 0. The summed E-state index contributed by atoms with van der Waals surface area (Å²) in [6.45, 7) is 4.51. The fraction of sp³-hybridized carbons (Fsp3) is 0. The van der Waals surface area contributed by atoms with Crippen LogP contribution in [0, 0.1) is 0 Å². The number of hydrogen-bond acceptors (Lipinski definition) is 2. The molecule has 0 saturated carbocycles. The van der Waals surface area contributed by atoms with Crippen LogP contribution in [0.5, 0.6) is 0 Å². The molecular weight excluding hydrogens is 637 g/mol. The molecule has 0 N–H and O–H groups in total. The number of hydrogen-bond donors (Lipinski definition) is 0. The Morgan fingerprint density at radius 3 is 2.10 bits per heavy atom. The van der Waals surface area contributed by atoms with Crippen molar-refractivity contribution in [3.8, 4) is 27.9 Å². The Balaban J connectivity index is 1.12. The standard InChI is InChI=1S/C48H32N2S/c1-32-13-9-10-28-49(37-17-11-16-34(29-37)33-14-3-2-4-15-33)42-26-24-35(30-40(32)42)36-25-27-44-41(31-36)38-18-5-7-20-43(38)50(44)45-21-12-23-47-48(45)39-19-6-8-22-46(39)51-47/h2-31H,1H2/b13-9-,28-10-. The van der Waals surface area contributed by atoms with Crippen LogP contribution in [-0.2, 0) is 0 Å². The van der Waals surface area contributed by atoms with Crippen LogP contribution in [0.1, 0.15) is 5.56 Å². The lowest BCUT2D eigenvalue weighted by molar-refractivity contribution is 1.20. The number of rotatable bonds is 4. The fourth-order valence-corrected chi connectivity index (χ4v) is 8.83. The van der Waals surface area contributed by atoms with Gasteiger partial charge < -0.3 is 9.47 Å². The van der Waals surface area contributed by atoms with Crippen molar-refractivity contribution in [2.24, 2.45) is 0 Å². The summed E-state index contributed by atoms with van der Waals surface area (Å²) < 4.78 is 5.08. The van der Waals surface area contributed by atoms with Crippen LogP contribution in [0.4, 0.5) is 11.4 Å². The van der Waals surface area contributed by atoms with Crippen LogP contribution in [0.15, 0.2) is 189 Å². The van der Waals surface area contributed by atoms with Gasteiger partial charge in [-0.3, -0.25) is 0 Å². The topological polar surface area (TPSA) is 8.17 Å². The van der Waals surface area contributed by atoms with Gasteiger partial charge in [-0.25, -0.2) is 0 Å². The van der Waals surface area contributed by atoms with Crippen LogP contribution in [0.25, 0.3) is 75.5 Å². The third kappa shape index (κ3) is 4.85. The minimum Gasteiger partial charge on any atom is -0.317 e. The fourth-order valence-electron chi connectivity index (χ4n) is 7.71. The molecule has 0 radical (unpaired) electrons. The van der Waals surface area contributed by atoms with Crippen molar-refractivity contribution in [3.63, 3.8) is 0 Å². The average molecular weight is 669 g/mol. The molecule has 0 saturated heterocycles. The molecular formula is C48H32N2S. The van der Waals surface area contributed by atoms with E-state index in [1.54, 1.807) is 0 Å². The summed E-state index contributed by atoms with van der Waals surface area (Å²) in [4.78, 5) is 2.27. The molecule has 3 heteroatoms. The van der Waals surface area contributed by atoms with Crippen LogP contribution in [0.2, 0.25) is 0 Å². The van der Waals surface area contributed by atoms with Gasteiger partial charge in [0.15, 0.2) is 0 Å². The number of thiophene rings is 1. The Kier molecular flexibility index (Phi) is 6.87. The molecule has 10 rings (SSSR count). The second kappa shape index (κ2) is 11.9. The number of benzene rings is 7. The molecule has 0 fully saturated rings. The van der Waals surface area contributed by atoms with Gasteiger partial charge in [-0.2, -0.15) is 0 Å². The van der Waals surface area contributed by atoms with E-state index in [4.69, 9.17) is 0 Å². The molecule has 1 aliphatic heterocycles. The zero-order valence-corrected chi connectivity index (χ0v) is 28.6. The molecule has 2 aromatic heterocycles. The molecule has 0 amide bonds. The molecule has 240 valence electrons.